The zero-order valence-corrected chi connectivity index (χ0v) is 25.4. The van der Waals surface area contributed by atoms with Gasteiger partial charge in [-0.2, -0.15) is 13.2 Å². The van der Waals surface area contributed by atoms with E-state index in [1.807, 2.05) is 53.9 Å². The van der Waals surface area contributed by atoms with E-state index in [0.29, 0.717) is 12.1 Å². The molecule has 0 spiro atoms. The maximum atomic E-state index is 12.9. The summed E-state index contributed by atoms with van der Waals surface area (Å²) in [6, 6.07) is 13.3. The van der Waals surface area contributed by atoms with Gasteiger partial charge in [-0.25, -0.2) is 0 Å². The first-order valence-electron chi connectivity index (χ1n) is 13.9. The Hall–Kier alpha value is -3.19. The van der Waals surface area contributed by atoms with E-state index >= 15 is 0 Å². The third-order valence-corrected chi connectivity index (χ3v) is 6.50. The molecular formula is C33H47F3N4. The number of halogens is 3. The van der Waals surface area contributed by atoms with Crippen molar-refractivity contribution in [3.8, 4) is 0 Å². The van der Waals surface area contributed by atoms with Crippen LogP contribution in [0.4, 0.5) is 13.2 Å². The molecule has 0 radical (unpaired) electrons. The van der Waals surface area contributed by atoms with Crippen LogP contribution in [0.2, 0.25) is 0 Å². The molecule has 7 heteroatoms. The van der Waals surface area contributed by atoms with Crippen molar-refractivity contribution >= 4 is 0 Å². The molecule has 2 heterocycles. The van der Waals surface area contributed by atoms with Crippen LogP contribution in [0, 0.1) is 19.3 Å². The summed E-state index contributed by atoms with van der Waals surface area (Å²) >= 11 is 0. The number of benzene rings is 1. The summed E-state index contributed by atoms with van der Waals surface area (Å²) in [7, 11) is 0. The summed E-state index contributed by atoms with van der Waals surface area (Å²) in [4.78, 5) is 8.46. The first-order chi connectivity index (χ1) is 18.8. The van der Waals surface area contributed by atoms with E-state index in [-0.39, 0.29) is 12.0 Å². The smallest absolute Gasteiger partial charge is 0.385 e. The lowest BCUT2D eigenvalue weighted by atomic mass is 9.82. The number of aryl methyl sites for hydroxylation is 2. The van der Waals surface area contributed by atoms with Crippen molar-refractivity contribution in [3.05, 3.63) is 107 Å². The number of allylic oxidation sites excluding steroid dienone is 1. The van der Waals surface area contributed by atoms with Crippen molar-refractivity contribution in [1.29, 1.82) is 0 Å². The number of alkyl halides is 3. The lowest BCUT2D eigenvalue weighted by molar-refractivity contribution is -0.137. The molecule has 0 aliphatic rings. The second kappa shape index (κ2) is 16.2. The number of hydrogen-bond donors (Lipinski definition) is 2. The largest absolute Gasteiger partial charge is 0.417 e. The summed E-state index contributed by atoms with van der Waals surface area (Å²) in [6.07, 6.45) is 1.59. The number of rotatable bonds is 9. The van der Waals surface area contributed by atoms with Crippen LogP contribution in [0.25, 0.3) is 0 Å². The second-order valence-electron chi connectivity index (χ2n) is 10.5. The summed E-state index contributed by atoms with van der Waals surface area (Å²) < 4.78 is 38.6. The predicted molar refractivity (Wildman–Crippen MR) is 161 cm³/mol. The highest BCUT2D eigenvalue weighted by Crippen LogP contribution is 2.33. The Kier molecular flexibility index (Phi) is 14.1. The van der Waals surface area contributed by atoms with Crippen LogP contribution in [0.1, 0.15) is 81.0 Å². The molecule has 3 aromatic rings. The van der Waals surface area contributed by atoms with Gasteiger partial charge in [0.05, 0.1) is 5.56 Å². The minimum absolute atomic E-state index is 0.0484. The van der Waals surface area contributed by atoms with Crippen molar-refractivity contribution in [1.82, 2.24) is 15.3 Å². The van der Waals surface area contributed by atoms with Gasteiger partial charge in [-0.3, -0.25) is 9.97 Å². The summed E-state index contributed by atoms with van der Waals surface area (Å²) in [6.45, 7) is 21.3. The number of nitrogens with one attached hydrogen (secondary N) is 1. The third-order valence-electron chi connectivity index (χ3n) is 6.50. The number of nitrogens with two attached hydrogens (primary N) is 1. The molecule has 0 fully saturated rings. The maximum Gasteiger partial charge on any atom is 0.417 e. The highest BCUT2D eigenvalue weighted by atomic mass is 19.4. The topological polar surface area (TPSA) is 63.8 Å². The van der Waals surface area contributed by atoms with E-state index in [2.05, 4.69) is 66.0 Å². The van der Waals surface area contributed by atoms with Crippen molar-refractivity contribution in [2.24, 2.45) is 11.1 Å². The lowest BCUT2D eigenvalue weighted by Crippen LogP contribution is -2.38. The van der Waals surface area contributed by atoms with E-state index in [1.54, 1.807) is 0 Å². The van der Waals surface area contributed by atoms with Gasteiger partial charge in [0.1, 0.15) is 0 Å². The maximum absolute atomic E-state index is 12.9. The Morgan fingerprint density at radius 3 is 2.08 bits per heavy atom. The molecule has 40 heavy (non-hydrogen) atoms. The molecule has 2 unspecified atom stereocenters. The summed E-state index contributed by atoms with van der Waals surface area (Å²) in [5.74, 6) is 0.154. The molecule has 3 N–H and O–H groups in total. The molecule has 2 aromatic heterocycles. The number of pyridine rings is 2. The van der Waals surface area contributed by atoms with Gasteiger partial charge in [0.15, 0.2) is 0 Å². The van der Waals surface area contributed by atoms with Crippen LogP contribution < -0.4 is 11.1 Å². The first-order valence-corrected chi connectivity index (χ1v) is 13.9. The Morgan fingerprint density at radius 1 is 0.975 bits per heavy atom. The van der Waals surface area contributed by atoms with Crippen LogP contribution in [-0.2, 0) is 19.0 Å². The minimum Gasteiger partial charge on any atom is -0.385 e. The van der Waals surface area contributed by atoms with Crippen LogP contribution in [0.5, 0.6) is 0 Å². The van der Waals surface area contributed by atoms with Gasteiger partial charge < -0.3 is 11.1 Å². The Labute approximate surface area is 239 Å². The second-order valence-corrected chi connectivity index (χ2v) is 10.5. The quantitative estimate of drug-likeness (QED) is 0.279. The van der Waals surface area contributed by atoms with Crippen LogP contribution in [0.3, 0.4) is 0 Å². The van der Waals surface area contributed by atoms with Crippen LogP contribution in [-0.4, -0.2) is 22.6 Å². The summed E-state index contributed by atoms with van der Waals surface area (Å²) in [5.41, 5.74) is 9.83. The zero-order chi connectivity index (χ0) is 30.5. The molecular weight excluding hydrogens is 509 g/mol. The molecule has 3 rings (SSSR count). The van der Waals surface area contributed by atoms with E-state index in [1.165, 1.54) is 17.2 Å². The fraction of sp³-hybridized carbons (Fsp3) is 0.455. The Balaban J connectivity index is 0.00000150. The number of aromatic nitrogens is 2. The highest BCUT2D eigenvalue weighted by Gasteiger charge is 2.32. The number of nitrogens with zero attached hydrogens (tertiary/aromatic N) is 2. The standard InChI is InChI=1S/C29H34F3N3.C2H7N.C2H6/c1-19-7-9-23(10-8-19)14-27(24-13-20(2)16-33-17-24)21(3)35-22(4)28(5,6)15-26-12-11-25(18-34-26)29(30,31)32;1-2-3;1-2/h7-13,16-18,21,27,35H,4,14-15H2,1-3,5-6H3;2-3H2,1H3;1-2H3. The molecule has 4 nitrogen and oxygen atoms in total. The molecule has 2 atom stereocenters. The molecule has 0 amide bonds. The molecule has 0 aliphatic carbocycles. The highest BCUT2D eigenvalue weighted by molar-refractivity contribution is 5.29. The molecule has 0 saturated carbocycles. The van der Waals surface area contributed by atoms with E-state index < -0.39 is 17.2 Å². The minimum atomic E-state index is -4.39. The zero-order valence-electron chi connectivity index (χ0n) is 25.4. The van der Waals surface area contributed by atoms with Gasteiger partial charge in [0, 0.05) is 53.8 Å². The molecule has 0 saturated heterocycles. The van der Waals surface area contributed by atoms with Crippen molar-refractivity contribution < 1.29 is 13.2 Å². The van der Waals surface area contributed by atoms with Gasteiger partial charge in [-0.05, 0) is 62.6 Å². The van der Waals surface area contributed by atoms with Crippen molar-refractivity contribution in [2.75, 3.05) is 6.54 Å². The molecule has 220 valence electrons. The van der Waals surface area contributed by atoms with Gasteiger partial charge in [-0.15, -0.1) is 0 Å². The van der Waals surface area contributed by atoms with E-state index in [9.17, 15) is 13.2 Å². The fourth-order valence-corrected chi connectivity index (χ4v) is 4.17. The average Bonchev–Trinajstić information content (AvgIpc) is 2.89. The first kappa shape index (κ1) is 34.8. The normalized spacial score (nSPS) is 12.7. The Bertz CT molecular complexity index is 1150. The Morgan fingerprint density at radius 2 is 1.57 bits per heavy atom. The van der Waals surface area contributed by atoms with E-state index in [0.717, 1.165) is 42.1 Å². The molecule has 1 aromatic carbocycles. The van der Waals surface area contributed by atoms with Gasteiger partial charge in [-0.1, -0.05) is 77.1 Å². The van der Waals surface area contributed by atoms with Crippen molar-refractivity contribution in [3.63, 3.8) is 0 Å². The van der Waals surface area contributed by atoms with Crippen molar-refractivity contribution in [2.45, 2.75) is 86.4 Å². The predicted octanol–water partition coefficient (Wildman–Crippen LogP) is 8.19. The summed E-state index contributed by atoms with van der Waals surface area (Å²) in [5, 5.41) is 3.60. The SMILES string of the molecule is C=C(NC(C)C(Cc1ccc(C)cc1)c1cncc(C)c1)C(C)(C)Cc1ccc(C(F)(F)F)cn1.CC.CCN. The van der Waals surface area contributed by atoms with Gasteiger partial charge >= 0.3 is 6.18 Å². The average molecular weight is 557 g/mol. The third kappa shape index (κ3) is 11.1. The van der Waals surface area contributed by atoms with Gasteiger partial charge in [0.25, 0.3) is 0 Å². The monoisotopic (exact) mass is 556 g/mol. The van der Waals surface area contributed by atoms with E-state index in [4.69, 9.17) is 5.73 Å². The number of hydrogen-bond acceptors (Lipinski definition) is 4. The lowest BCUT2D eigenvalue weighted by Gasteiger charge is -2.34. The molecule has 0 aliphatic heterocycles. The van der Waals surface area contributed by atoms with Gasteiger partial charge in [0.2, 0.25) is 0 Å². The van der Waals surface area contributed by atoms with Crippen LogP contribution in [0.15, 0.2) is 73.3 Å². The van der Waals surface area contributed by atoms with Crippen LogP contribution >= 0.6 is 0 Å². The fourth-order valence-electron chi connectivity index (χ4n) is 4.17. The molecule has 0 bridgehead atoms.